The number of halogens is 1. The smallest absolute Gasteiger partial charge is 0.260 e. The van der Waals surface area contributed by atoms with Gasteiger partial charge in [0.05, 0.1) is 11.0 Å². The van der Waals surface area contributed by atoms with Crippen LogP contribution >= 0.6 is 15.9 Å². The van der Waals surface area contributed by atoms with E-state index in [4.69, 9.17) is 10.5 Å². The van der Waals surface area contributed by atoms with E-state index in [9.17, 15) is 0 Å². The molecule has 0 spiro atoms. The van der Waals surface area contributed by atoms with Crippen LogP contribution in [0.3, 0.4) is 0 Å². The van der Waals surface area contributed by atoms with Crippen molar-refractivity contribution < 1.29 is 4.74 Å². The van der Waals surface area contributed by atoms with Gasteiger partial charge in [-0.2, -0.15) is 0 Å². The SMILES string of the molecule is Nc1nnnn1NCc1ccc(OCc2ccccc2)c(Br)c1. The van der Waals surface area contributed by atoms with Crippen LogP contribution in [0.15, 0.2) is 53.0 Å². The first-order valence-corrected chi connectivity index (χ1v) is 7.74. The molecule has 0 atom stereocenters. The van der Waals surface area contributed by atoms with Crippen LogP contribution in [0.25, 0.3) is 0 Å². The highest BCUT2D eigenvalue weighted by Crippen LogP contribution is 2.27. The highest BCUT2D eigenvalue weighted by atomic mass is 79.9. The molecule has 0 aliphatic rings. The van der Waals surface area contributed by atoms with Gasteiger partial charge in [-0.05, 0) is 49.6 Å². The number of benzene rings is 2. The Morgan fingerprint density at radius 2 is 1.96 bits per heavy atom. The normalized spacial score (nSPS) is 10.5. The van der Waals surface area contributed by atoms with Gasteiger partial charge in [-0.3, -0.25) is 0 Å². The van der Waals surface area contributed by atoms with E-state index in [1.54, 1.807) is 0 Å². The molecule has 3 N–H and O–H groups in total. The van der Waals surface area contributed by atoms with Crippen molar-refractivity contribution in [3.05, 3.63) is 64.1 Å². The Morgan fingerprint density at radius 3 is 2.65 bits per heavy atom. The number of hydrogen-bond acceptors (Lipinski definition) is 6. The third-order valence-electron chi connectivity index (χ3n) is 3.16. The molecule has 0 fully saturated rings. The lowest BCUT2D eigenvalue weighted by atomic mass is 10.2. The van der Waals surface area contributed by atoms with E-state index in [1.807, 2.05) is 48.5 Å². The molecule has 0 amide bonds. The maximum absolute atomic E-state index is 5.82. The molecule has 0 radical (unpaired) electrons. The highest BCUT2D eigenvalue weighted by Gasteiger charge is 2.05. The monoisotopic (exact) mass is 374 g/mol. The summed E-state index contributed by atoms with van der Waals surface area (Å²) in [5.74, 6) is 1.01. The predicted octanol–water partition coefficient (Wildman–Crippen LogP) is 2.34. The number of nitrogens with two attached hydrogens (primary N) is 1. The number of aromatic nitrogens is 4. The van der Waals surface area contributed by atoms with Gasteiger partial charge in [-0.15, -0.1) is 4.79 Å². The predicted molar refractivity (Wildman–Crippen MR) is 90.2 cm³/mol. The fraction of sp³-hybridized carbons (Fsp3) is 0.133. The maximum Gasteiger partial charge on any atom is 0.260 e. The van der Waals surface area contributed by atoms with Gasteiger partial charge in [0.1, 0.15) is 12.4 Å². The number of nitrogens with zero attached hydrogens (tertiary/aromatic N) is 4. The molecule has 3 rings (SSSR count). The van der Waals surface area contributed by atoms with Crippen LogP contribution in [0.4, 0.5) is 5.95 Å². The summed E-state index contributed by atoms with van der Waals surface area (Å²) in [5, 5.41) is 10.8. The molecule has 1 aromatic heterocycles. The highest BCUT2D eigenvalue weighted by molar-refractivity contribution is 9.10. The average molecular weight is 375 g/mol. The second kappa shape index (κ2) is 7.10. The summed E-state index contributed by atoms with van der Waals surface area (Å²) in [7, 11) is 0. The Labute approximate surface area is 141 Å². The van der Waals surface area contributed by atoms with Crippen LogP contribution in [-0.4, -0.2) is 20.3 Å². The van der Waals surface area contributed by atoms with Crippen molar-refractivity contribution in [3.8, 4) is 5.75 Å². The molecule has 0 aliphatic carbocycles. The molecule has 23 heavy (non-hydrogen) atoms. The molecule has 0 saturated heterocycles. The van der Waals surface area contributed by atoms with Gasteiger partial charge in [-0.1, -0.05) is 41.5 Å². The zero-order chi connectivity index (χ0) is 16.1. The number of anilines is 1. The molecular weight excluding hydrogens is 360 g/mol. The minimum Gasteiger partial charge on any atom is -0.488 e. The van der Waals surface area contributed by atoms with Gasteiger partial charge in [0.15, 0.2) is 0 Å². The van der Waals surface area contributed by atoms with Crippen LogP contribution in [0.5, 0.6) is 5.75 Å². The third kappa shape index (κ3) is 3.98. The van der Waals surface area contributed by atoms with Crippen LogP contribution in [0, 0.1) is 0 Å². The zero-order valence-electron chi connectivity index (χ0n) is 12.2. The average Bonchev–Trinajstić information content (AvgIpc) is 2.98. The fourth-order valence-electron chi connectivity index (χ4n) is 1.98. The molecule has 0 unspecified atom stereocenters. The standard InChI is InChI=1S/C15H15BrN6O/c16-13-8-12(9-18-22-15(17)19-20-21-22)6-7-14(13)23-10-11-4-2-1-3-5-11/h1-8,18H,9-10H2,(H2,17,19,21). The van der Waals surface area contributed by atoms with Crippen LogP contribution in [-0.2, 0) is 13.2 Å². The van der Waals surface area contributed by atoms with Gasteiger partial charge < -0.3 is 15.9 Å². The topological polar surface area (TPSA) is 90.9 Å². The second-order valence-electron chi connectivity index (χ2n) is 4.82. The Kier molecular flexibility index (Phi) is 4.72. The number of nitrogen functional groups attached to an aromatic ring is 1. The van der Waals surface area contributed by atoms with E-state index in [2.05, 4.69) is 36.9 Å². The summed E-state index contributed by atoms with van der Waals surface area (Å²) >= 11 is 3.53. The van der Waals surface area contributed by atoms with Crippen molar-refractivity contribution in [2.75, 3.05) is 11.2 Å². The first kappa shape index (κ1) is 15.3. The van der Waals surface area contributed by atoms with Crippen LogP contribution in [0.1, 0.15) is 11.1 Å². The molecule has 1 heterocycles. The number of ether oxygens (including phenoxy) is 1. The lowest BCUT2D eigenvalue weighted by molar-refractivity contribution is 0.304. The van der Waals surface area contributed by atoms with E-state index in [-0.39, 0.29) is 5.95 Å². The van der Waals surface area contributed by atoms with Gasteiger partial charge in [-0.25, -0.2) is 0 Å². The van der Waals surface area contributed by atoms with Crippen molar-refractivity contribution in [3.63, 3.8) is 0 Å². The third-order valence-corrected chi connectivity index (χ3v) is 3.78. The minimum absolute atomic E-state index is 0.215. The van der Waals surface area contributed by atoms with Crippen molar-refractivity contribution in [2.45, 2.75) is 13.2 Å². The van der Waals surface area contributed by atoms with Crippen molar-refractivity contribution >= 4 is 21.9 Å². The van der Waals surface area contributed by atoms with E-state index in [0.29, 0.717) is 13.2 Å². The van der Waals surface area contributed by atoms with Gasteiger partial charge >= 0.3 is 0 Å². The van der Waals surface area contributed by atoms with E-state index in [0.717, 1.165) is 21.3 Å². The molecule has 3 aromatic rings. The summed E-state index contributed by atoms with van der Waals surface area (Å²) in [6.45, 7) is 1.06. The Hall–Kier alpha value is -2.61. The van der Waals surface area contributed by atoms with Crippen molar-refractivity contribution in [1.82, 2.24) is 20.3 Å². The molecule has 8 heteroatoms. The largest absolute Gasteiger partial charge is 0.488 e. The van der Waals surface area contributed by atoms with E-state index in [1.165, 1.54) is 4.79 Å². The number of hydrogen-bond donors (Lipinski definition) is 2. The van der Waals surface area contributed by atoms with Gasteiger partial charge in [0.2, 0.25) is 0 Å². The maximum atomic E-state index is 5.82. The Bertz CT molecular complexity index is 777. The molecule has 0 aliphatic heterocycles. The summed E-state index contributed by atoms with van der Waals surface area (Å²) in [6.07, 6.45) is 0. The summed E-state index contributed by atoms with van der Waals surface area (Å²) < 4.78 is 6.71. The molecule has 2 aromatic carbocycles. The van der Waals surface area contributed by atoms with E-state index < -0.39 is 0 Å². The number of nitrogens with one attached hydrogen (secondary N) is 1. The van der Waals surface area contributed by atoms with E-state index >= 15 is 0 Å². The molecule has 118 valence electrons. The van der Waals surface area contributed by atoms with Crippen molar-refractivity contribution in [2.24, 2.45) is 0 Å². The van der Waals surface area contributed by atoms with Gasteiger partial charge in [0.25, 0.3) is 5.95 Å². The lowest BCUT2D eigenvalue weighted by Crippen LogP contribution is -2.18. The fourth-order valence-corrected chi connectivity index (χ4v) is 2.52. The molecule has 0 bridgehead atoms. The van der Waals surface area contributed by atoms with Crippen LogP contribution < -0.4 is 15.9 Å². The quantitative estimate of drug-likeness (QED) is 0.687. The van der Waals surface area contributed by atoms with Crippen molar-refractivity contribution in [1.29, 1.82) is 0 Å². The summed E-state index contributed by atoms with van der Waals surface area (Å²) in [4.78, 5) is 1.33. The lowest BCUT2D eigenvalue weighted by Gasteiger charge is -2.11. The molecule has 0 saturated carbocycles. The second-order valence-corrected chi connectivity index (χ2v) is 5.68. The Balaban J connectivity index is 1.60. The summed E-state index contributed by atoms with van der Waals surface area (Å²) in [6, 6.07) is 15.9. The van der Waals surface area contributed by atoms with Crippen LogP contribution in [0.2, 0.25) is 0 Å². The first-order chi connectivity index (χ1) is 11.2. The van der Waals surface area contributed by atoms with Gasteiger partial charge in [0, 0.05) is 0 Å². The molecule has 7 nitrogen and oxygen atoms in total. The number of rotatable bonds is 6. The Morgan fingerprint density at radius 1 is 1.13 bits per heavy atom. The molecular formula is C15H15BrN6O. The summed E-state index contributed by atoms with van der Waals surface area (Å²) in [5.41, 5.74) is 10.8. The zero-order valence-corrected chi connectivity index (χ0v) is 13.8. The minimum atomic E-state index is 0.215. The number of tetrazole rings is 1. The first-order valence-electron chi connectivity index (χ1n) is 6.95.